The molecule has 0 spiro atoms. The molecule has 0 aliphatic heterocycles. The van der Waals surface area contributed by atoms with E-state index in [1.165, 1.54) is 25.7 Å². The van der Waals surface area contributed by atoms with Crippen molar-refractivity contribution in [1.82, 2.24) is 0 Å². The van der Waals surface area contributed by atoms with E-state index >= 15 is 0 Å². The van der Waals surface area contributed by atoms with Gasteiger partial charge < -0.3 is 0 Å². The molecule has 9 heavy (non-hydrogen) atoms. The second-order valence-electron chi connectivity index (χ2n) is 2.14. The molecule has 3 heteroatoms. The Hall–Kier alpha value is 1.30. The average Bonchev–Trinajstić information content (AvgIpc) is 1.89. The van der Waals surface area contributed by atoms with Crippen LogP contribution in [0.2, 0.25) is 0 Å². The molecule has 0 unspecified atom stereocenters. The van der Waals surface area contributed by atoms with Crippen molar-refractivity contribution in [1.29, 1.82) is 0 Å². The zero-order valence-corrected chi connectivity index (χ0v) is 10.2. The monoisotopic (exact) mass is 320 g/mol. The molecular formula is C6H8Se3. The summed E-state index contributed by atoms with van der Waals surface area (Å²) >= 11 is 6.92. The number of allylic oxidation sites excluding steroid dienone is 2. The van der Waals surface area contributed by atoms with Gasteiger partial charge in [0.2, 0.25) is 0 Å². The van der Waals surface area contributed by atoms with Crippen LogP contribution >= 0.6 is 0 Å². The van der Waals surface area contributed by atoms with Crippen molar-refractivity contribution in [3.63, 3.8) is 0 Å². The van der Waals surface area contributed by atoms with Crippen LogP contribution in [0.4, 0.5) is 0 Å². The molecule has 0 aromatic carbocycles. The van der Waals surface area contributed by atoms with Crippen molar-refractivity contribution in [3.05, 3.63) is 8.94 Å². The molecule has 0 N–H and O–H groups in total. The Morgan fingerprint density at radius 2 is 1.89 bits per heavy atom. The van der Waals surface area contributed by atoms with Crippen molar-refractivity contribution < 1.29 is 0 Å². The van der Waals surface area contributed by atoms with Crippen LogP contribution in [0.5, 0.6) is 0 Å². The van der Waals surface area contributed by atoms with Gasteiger partial charge in [0.15, 0.2) is 0 Å². The molecular weight excluding hydrogens is 309 g/mol. The average molecular weight is 317 g/mol. The Morgan fingerprint density at radius 3 is 2.33 bits per heavy atom. The van der Waals surface area contributed by atoms with Gasteiger partial charge in [0.25, 0.3) is 0 Å². The van der Waals surface area contributed by atoms with Crippen molar-refractivity contribution in [2.45, 2.75) is 25.7 Å². The van der Waals surface area contributed by atoms with Gasteiger partial charge in [0, 0.05) is 0 Å². The standard InChI is InChI=1S/C6H8Se3/c7-5-3-1-2-4-6(5)9-8/h1-4H2. The molecule has 1 rings (SSSR count). The summed E-state index contributed by atoms with van der Waals surface area (Å²) in [5.74, 6) is 0. The van der Waals surface area contributed by atoms with Gasteiger partial charge >= 0.3 is 78.0 Å². The number of hydrogen-bond acceptors (Lipinski definition) is 0. The van der Waals surface area contributed by atoms with Gasteiger partial charge in [-0.15, -0.1) is 0 Å². The van der Waals surface area contributed by atoms with Crippen LogP contribution in [0, 0.1) is 0 Å². The number of rotatable bonds is 1. The zero-order valence-electron chi connectivity index (χ0n) is 5.05. The predicted octanol–water partition coefficient (Wildman–Crippen LogP) is 0.728. The summed E-state index contributed by atoms with van der Waals surface area (Å²) in [5, 5.41) is 0. The second kappa shape index (κ2) is 4.23. The van der Waals surface area contributed by atoms with Crippen LogP contribution in [0.25, 0.3) is 0 Å². The van der Waals surface area contributed by atoms with Gasteiger partial charge in [-0.3, -0.25) is 0 Å². The molecule has 0 heterocycles. The zero-order chi connectivity index (χ0) is 6.69. The van der Waals surface area contributed by atoms with Gasteiger partial charge in [-0.1, -0.05) is 0 Å². The maximum absolute atomic E-state index is 3.16. The van der Waals surface area contributed by atoms with E-state index in [-0.39, 0.29) is 0 Å². The molecule has 0 nitrogen and oxygen atoms in total. The third-order valence-corrected chi connectivity index (χ3v) is 6.63. The van der Waals surface area contributed by atoms with Crippen LogP contribution in [-0.4, -0.2) is 43.3 Å². The molecule has 1 aliphatic rings. The quantitative estimate of drug-likeness (QED) is 0.626. The third-order valence-electron chi connectivity index (χ3n) is 1.47. The molecule has 0 aromatic rings. The maximum atomic E-state index is 3.16. The summed E-state index contributed by atoms with van der Waals surface area (Å²) in [6, 6.07) is 0. The first kappa shape index (κ1) is 8.40. The summed E-state index contributed by atoms with van der Waals surface area (Å²) in [6.45, 7) is 0. The Morgan fingerprint density at radius 1 is 1.22 bits per heavy atom. The van der Waals surface area contributed by atoms with Crippen LogP contribution in [0.15, 0.2) is 8.94 Å². The normalized spacial score (nSPS) is 20.6. The van der Waals surface area contributed by atoms with Crippen molar-refractivity contribution in [2.24, 2.45) is 0 Å². The van der Waals surface area contributed by atoms with E-state index in [0.717, 1.165) is 0 Å². The predicted molar refractivity (Wildman–Crippen MR) is 42.8 cm³/mol. The van der Waals surface area contributed by atoms with Gasteiger partial charge in [-0.05, 0) is 0 Å². The van der Waals surface area contributed by atoms with E-state index in [4.69, 9.17) is 0 Å². The molecule has 0 bridgehead atoms. The van der Waals surface area contributed by atoms with E-state index < -0.39 is 0 Å². The first-order valence-electron chi connectivity index (χ1n) is 3.03. The SMILES string of the molecule is [Se][Se]C1=C([Se])CCCC1. The van der Waals surface area contributed by atoms with E-state index in [1.807, 2.05) is 0 Å². The van der Waals surface area contributed by atoms with E-state index in [2.05, 4.69) is 30.2 Å². The Bertz CT molecular complexity index is 128. The summed E-state index contributed by atoms with van der Waals surface area (Å²) in [4.78, 5) is 0. The van der Waals surface area contributed by atoms with Crippen LogP contribution < -0.4 is 0 Å². The first-order chi connectivity index (χ1) is 4.34. The van der Waals surface area contributed by atoms with E-state index in [9.17, 15) is 0 Å². The molecule has 2 radical (unpaired) electrons. The Balaban J connectivity index is 2.59. The van der Waals surface area contributed by atoms with Crippen LogP contribution in [-0.2, 0) is 0 Å². The fourth-order valence-electron chi connectivity index (χ4n) is 0.938. The van der Waals surface area contributed by atoms with Crippen LogP contribution in [0.1, 0.15) is 25.7 Å². The molecule has 0 amide bonds. The summed E-state index contributed by atoms with van der Waals surface area (Å²) < 4.78 is 3.22. The molecule has 1 aliphatic carbocycles. The molecule has 50 valence electrons. The van der Waals surface area contributed by atoms with Gasteiger partial charge in [0.1, 0.15) is 0 Å². The number of hydrogen-bond donors (Lipinski definition) is 0. The third kappa shape index (κ3) is 2.42. The van der Waals surface area contributed by atoms with Gasteiger partial charge in [-0.2, -0.15) is 0 Å². The second-order valence-corrected chi connectivity index (χ2v) is 6.37. The van der Waals surface area contributed by atoms with Gasteiger partial charge in [0.05, 0.1) is 0 Å². The minimum absolute atomic E-state index is 0.640. The van der Waals surface area contributed by atoms with Gasteiger partial charge in [-0.25, -0.2) is 0 Å². The minimum atomic E-state index is 0.640. The summed E-state index contributed by atoms with van der Waals surface area (Å²) in [6.07, 6.45) is 5.44. The summed E-state index contributed by atoms with van der Waals surface area (Å²) in [5.41, 5.74) is 0. The fraction of sp³-hybridized carbons (Fsp3) is 0.667. The van der Waals surface area contributed by atoms with Crippen LogP contribution in [0.3, 0.4) is 0 Å². The Kier molecular flexibility index (Phi) is 3.95. The van der Waals surface area contributed by atoms with Crippen molar-refractivity contribution >= 4 is 43.3 Å². The van der Waals surface area contributed by atoms with E-state index in [1.54, 1.807) is 8.94 Å². The van der Waals surface area contributed by atoms with Crippen molar-refractivity contribution in [2.75, 3.05) is 0 Å². The topological polar surface area (TPSA) is 0 Å². The van der Waals surface area contributed by atoms with E-state index in [0.29, 0.717) is 13.1 Å². The molecule has 0 aromatic heterocycles. The molecule has 0 saturated carbocycles. The first-order valence-corrected chi connectivity index (χ1v) is 9.08. The molecule has 0 atom stereocenters. The fourth-order valence-corrected chi connectivity index (χ4v) is 6.19. The van der Waals surface area contributed by atoms with Crippen molar-refractivity contribution in [3.8, 4) is 0 Å². The molecule has 0 fully saturated rings. The Labute approximate surface area is 77.6 Å². The molecule has 0 saturated heterocycles. The summed E-state index contributed by atoms with van der Waals surface area (Å²) in [7, 11) is 0.